The predicted molar refractivity (Wildman–Crippen MR) is 61.1 cm³/mol. The van der Waals surface area contributed by atoms with Crippen molar-refractivity contribution in [3.63, 3.8) is 0 Å². The molecule has 0 radical (unpaired) electrons. The number of H-pyrrole nitrogens is 1. The van der Waals surface area contributed by atoms with Gasteiger partial charge in [-0.05, 0) is 15.9 Å². The topological polar surface area (TPSA) is 105 Å². The fourth-order valence-electron chi connectivity index (χ4n) is 1.73. The summed E-state index contributed by atoms with van der Waals surface area (Å²) in [6, 6.07) is 1.02. The molecule has 3 N–H and O–H groups in total. The molecule has 1 aliphatic rings. The molecule has 0 amide bonds. The van der Waals surface area contributed by atoms with Crippen LogP contribution in [0.4, 0.5) is 4.39 Å². The Kier molecular flexibility index (Phi) is 3.41. The zero-order valence-corrected chi connectivity index (χ0v) is 10.5. The fourth-order valence-corrected chi connectivity index (χ4v) is 2.35. The van der Waals surface area contributed by atoms with Crippen molar-refractivity contribution in [1.29, 1.82) is 0 Å². The quantitative estimate of drug-likeness (QED) is 0.596. The summed E-state index contributed by atoms with van der Waals surface area (Å²) >= 11 is 2.64. The largest absolute Gasteiger partial charge is 0.394 e. The first kappa shape index (κ1) is 13.4. The van der Waals surface area contributed by atoms with Gasteiger partial charge in [0.15, 0.2) is 6.23 Å². The summed E-state index contributed by atoms with van der Waals surface area (Å²) in [5.74, 6) is 0. The lowest BCUT2D eigenvalue weighted by Gasteiger charge is -2.22. The van der Waals surface area contributed by atoms with E-state index in [0.29, 0.717) is 0 Å². The van der Waals surface area contributed by atoms with Gasteiger partial charge in [-0.3, -0.25) is 14.3 Å². The van der Waals surface area contributed by atoms with E-state index in [1.807, 2.05) is 4.98 Å². The van der Waals surface area contributed by atoms with Crippen LogP contribution in [0, 0.1) is 0 Å². The minimum atomic E-state index is -2.44. The number of alkyl halides is 2. The molecule has 9 heteroatoms. The van der Waals surface area contributed by atoms with E-state index in [2.05, 4.69) is 15.9 Å². The predicted octanol–water partition coefficient (Wildman–Crippen LogP) is -1.15. The van der Waals surface area contributed by atoms with Crippen molar-refractivity contribution in [2.45, 2.75) is 23.0 Å². The Bertz CT molecular complexity index is 556. The molecule has 0 aliphatic carbocycles. The second kappa shape index (κ2) is 4.57. The van der Waals surface area contributed by atoms with Crippen molar-refractivity contribution in [1.82, 2.24) is 9.55 Å². The maximum Gasteiger partial charge on any atom is 0.330 e. The Labute approximate surface area is 108 Å². The number of hydrogen-bond donors (Lipinski definition) is 3. The third-order valence-electron chi connectivity index (χ3n) is 2.66. The minimum absolute atomic E-state index is 0.604. The number of halogens is 2. The van der Waals surface area contributed by atoms with Gasteiger partial charge in [0.05, 0.1) is 6.61 Å². The molecule has 7 nitrogen and oxygen atoms in total. The molecular formula is C9H10BrFN2O5. The number of hydrogen-bond acceptors (Lipinski definition) is 5. The second-order valence-corrected chi connectivity index (χ2v) is 5.06. The van der Waals surface area contributed by atoms with Crippen molar-refractivity contribution in [2.24, 2.45) is 0 Å². The summed E-state index contributed by atoms with van der Waals surface area (Å²) in [5, 5.41) is 18.5. The number of aliphatic hydroxyl groups is 2. The number of nitrogens with one attached hydrogen (secondary N) is 1. The first-order valence-electron chi connectivity index (χ1n) is 5.01. The first-order valence-corrected chi connectivity index (χ1v) is 5.81. The summed E-state index contributed by atoms with van der Waals surface area (Å²) in [6.45, 7) is -0.604. The normalized spacial score (nSPS) is 35.9. The van der Waals surface area contributed by atoms with E-state index < -0.39 is 40.9 Å². The molecule has 1 unspecified atom stereocenters. The monoisotopic (exact) mass is 324 g/mol. The average molecular weight is 325 g/mol. The van der Waals surface area contributed by atoms with Crippen molar-refractivity contribution in [3.8, 4) is 0 Å². The summed E-state index contributed by atoms with van der Waals surface area (Å²) in [5.41, 5.74) is -1.51. The van der Waals surface area contributed by atoms with Crippen LogP contribution in [0.3, 0.4) is 0 Å². The molecule has 0 saturated carbocycles. The van der Waals surface area contributed by atoms with E-state index in [4.69, 9.17) is 9.84 Å². The van der Waals surface area contributed by atoms with Crippen LogP contribution in [0.15, 0.2) is 21.9 Å². The maximum atomic E-state index is 14.3. The van der Waals surface area contributed by atoms with E-state index in [1.54, 1.807) is 0 Å². The third kappa shape index (κ3) is 2.03. The van der Waals surface area contributed by atoms with E-state index in [9.17, 15) is 19.1 Å². The molecule has 1 fully saturated rings. The van der Waals surface area contributed by atoms with Gasteiger partial charge < -0.3 is 14.9 Å². The standard InChI is InChI=1S/C9H10BrFN2O5/c10-9(11)6(16)4(3-14)18-7(9)13-2-1-5(15)12-8(13)17/h1-2,4,6-7,14,16H,3H2,(H,12,15,17)/t4-,6-,7?,9-/m1/s1. The smallest absolute Gasteiger partial charge is 0.330 e. The molecule has 1 saturated heterocycles. The van der Waals surface area contributed by atoms with Crippen molar-refractivity contribution in [3.05, 3.63) is 33.1 Å². The SMILES string of the molecule is O=c1ccn(C2O[C@H](CO)[C@@H](O)[C@]2(F)Br)c(=O)[nH]1. The van der Waals surface area contributed by atoms with Crippen LogP contribution >= 0.6 is 15.9 Å². The Morgan fingerprint density at radius 2 is 2.28 bits per heavy atom. The highest BCUT2D eigenvalue weighted by Gasteiger charge is 2.56. The molecule has 0 aromatic carbocycles. The van der Waals surface area contributed by atoms with Crippen LogP contribution in [0.25, 0.3) is 0 Å². The van der Waals surface area contributed by atoms with Gasteiger partial charge in [-0.1, -0.05) is 0 Å². The molecule has 18 heavy (non-hydrogen) atoms. The van der Waals surface area contributed by atoms with Crippen LogP contribution in [-0.4, -0.2) is 43.2 Å². The Hall–Kier alpha value is -1.03. The lowest BCUT2D eigenvalue weighted by atomic mass is 10.1. The number of ether oxygens (including phenoxy) is 1. The van der Waals surface area contributed by atoms with E-state index in [-0.39, 0.29) is 0 Å². The number of aliphatic hydroxyl groups excluding tert-OH is 2. The second-order valence-electron chi connectivity index (χ2n) is 3.85. The highest BCUT2D eigenvalue weighted by Crippen LogP contribution is 2.45. The van der Waals surface area contributed by atoms with Gasteiger partial charge in [0, 0.05) is 12.3 Å². The van der Waals surface area contributed by atoms with E-state index in [1.165, 1.54) is 0 Å². The summed E-state index contributed by atoms with van der Waals surface area (Å²) < 4.78 is 17.7. The van der Waals surface area contributed by atoms with Crippen LogP contribution in [0.5, 0.6) is 0 Å². The Morgan fingerprint density at radius 1 is 1.61 bits per heavy atom. The molecule has 1 aromatic rings. The molecule has 1 aromatic heterocycles. The van der Waals surface area contributed by atoms with Crippen molar-refractivity contribution in [2.75, 3.05) is 6.61 Å². The number of aromatic nitrogens is 2. The maximum absolute atomic E-state index is 14.3. The average Bonchev–Trinajstić information content (AvgIpc) is 2.52. The molecule has 0 spiro atoms. The summed E-state index contributed by atoms with van der Waals surface area (Å²) in [4.78, 5) is 24.4. The molecule has 4 atom stereocenters. The Morgan fingerprint density at radius 3 is 2.78 bits per heavy atom. The van der Waals surface area contributed by atoms with Gasteiger partial charge in [-0.15, -0.1) is 0 Å². The molecular weight excluding hydrogens is 315 g/mol. The number of nitrogens with zero attached hydrogens (tertiary/aromatic N) is 1. The molecule has 1 aliphatic heterocycles. The van der Waals surface area contributed by atoms with Crippen molar-refractivity contribution < 1.29 is 19.3 Å². The third-order valence-corrected chi connectivity index (χ3v) is 3.52. The fraction of sp³-hybridized carbons (Fsp3) is 0.556. The molecule has 100 valence electrons. The van der Waals surface area contributed by atoms with Gasteiger partial charge in [-0.25, -0.2) is 9.18 Å². The van der Waals surface area contributed by atoms with Crippen LogP contribution in [0.2, 0.25) is 0 Å². The van der Waals surface area contributed by atoms with Gasteiger partial charge >= 0.3 is 5.69 Å². The highest BCUT2D eigenvalue weighted by atomic mass is 79.9. The van der Waals surface area contributed by atoms with Crippen LogP contribution < -0.4 is 11.2 Å². The highest BCUT2D eigenvalue weighted by molar-refractivity contribution is 9.10. The molecule has 2 heterocycles. The zero-order chi connectivity index (χ0) is 13.5. The van der Waals surface area contributed by atoms with Crippen LogP contribution in [-0.2, 0) is 4.74 Å². The minimum Gasteiger partial charge on any atom is -0.394 e. The van der Waals surface area contributed by atoms with Gasteiger partial charge in [0.2, 0.25) is 4.58 Å². The van der Waals surface area contributed by atoms with Gasteiger partial charge in [0.25, 0.3) is 5.56 Å². The Balaban J connectivity index is 2.45. The zero-order valence-electron chi connectivity index (χ0n) is 8.92. The van der Waals surface area contributed by atoms with Crippen LogP contribution in [0.1, 0.15) is 6.23 Å². The number of rotatable bonds is 2. The van der Waals surface area contributed by atoms with E-state index >= 15 is 0 Å². The summed E-state index contributed by atoms with van der Waals surface area (Å²) in [6.07, 6.45) is -3.26. The first-order chi connectivity index (χ1) is 8.37. The van der Waals surface area contributed by atoms with Gasteiger partial charge in [-0.2, -0.15) is 0 Å². The lowest BCUT2D eigenvalue weighted by Crippen LogP contribution is -2.41. The summed E-state index contributed by atoms with van der Waals surface area (Å²) in [7, 11) is 0. The lowest BCUT2D eigenvalue weighted by molar-refractivity contribution is -0.0506. The van der Waals surface area contributed by atoms with E-state index in [0.717, 1.165) is 16.8 Å². The molecule has 2 rings (SSSR count). The number of aromatic amines is 1. The molecule has 0 bridgehead atoms. The van der Waals surface area contributed by atoms with Crippen molar-refractivity contribution >= 4 is 15.9 Å². The van der Waals surface area contributed by atoms with Gasteiger partial charge in [0.1, 0.15) is 12.2 Å².